The first-order chi connectivity index (χ1) is 9.52. The number of rotatable bonds is 4. The third-order valence-electron chi connectivity index (χ3n) is 3.60. The van der Waals surface area contributed by atoms with Gasteiger partial charge >= 0.3 is 5.97 Å². The molecular formula is C14H19BrN2O3. The lowest BCUT2D eigenvalue weighted by molar-refractivity contribution is -0.143. The summed E-state index contributed by atoms with van der Waals surface area (Å²) in [5.74, 6) is -1.33. The SMILES string of the molecule is CCCn1cc(Br)cc1C(=O)N1CCC[C@H](C(=O)O)C1. The predicted molar refractivity (Wildman–Crippen MR) is 78.7 cm³/mol. The van der Waals surface area contributed by atoms with Crippen LogP contribution in [0.2, 0.25) is 0 Å². The van der Waals surface area contributed by atoms with Crippen LogP contribution in [0.25, 0.3) is 0 Å². The zero-order chi connectivity index (χ0) is 14.7. The van der Waals surface area contributed by atoms with Crippen LogP contribution >= 0.6 is 15.9 Å². The highest BCUT2D eigenvalue weighted by Crippen LogP contribution is 2.22. The normalized spacial score (nSPS) is 19.1. The molecular weight excluding hydrogens is 324 g/mol. The number of aliphatic carboxylic acids is 1. The van der Waals surface area contributed by atoms with Crippen LogP contribution in [0, 0.1) is 5.92 Å². The molecule has 6 heteroatoms. The first kappa shape index (κ1) is 15.1. The fourth-order valence-electron chi connectivity index (χ4n) is 2.60. The number of carbonyl (C=O) groups is 2. The fourth-order valence-corrected chi connectivity index (χ4v) is 3.07. The largest absolute Gasteiger partial charge is 0.481 e. The quantitative estimate of drug-likeness (QED) is 0.914. The molecule has 0 bridgehead atoms. The van der Waals surface area contributed by atoms with E-state index in [9.17, 15) is 9.59 Å². The van der Waals surface area contributed by atoms with Crippen LogP contribution in [-0.4, -0.2) is 39.5 Å². The van der Waals surface area contributed by atoms with Crippen molar-refractivity contribution in [2.75, 3.05) is 13.1 Å². The summed E-state index contributed by atoms with van der Waals surface area (Å²) in [6.45, 7) is 3.78. The molecule has 0 aromatic carbocycles. The second kappa shape index (κ2) is 6.43. The monoisotopic (exact) mass is 342 g/mol. The van der Waals surface area contributed by atoms with Crippen LogP contribution in [0.15, 0.2) is 16.7 Å². The minimum absolute atomic E-state index is 0.0740. The molecule has 1 fully saturated rings. The highest BCUT2D eigenvalue weighted by atomic mass is 79.9. The van der Waals surface area contributed by atoms with E-state index in [1.165, 1.54) is 0 Å². The van der Waals surface area contributed by atoms with Crippen LogP contribution in [0.1, 0.15) is 36.7 Å². The summed E-state index contributed by atoms with van der Waals surface area (Å²) in [5, 5.41) is 9.10. The van der Waals surface area contributed by atoms with E-state index in [0.717, 1.165) is 23.9 Å². The minimum atomic E-state index is -0.812. The second-order valence-electron chi connectivity index (χ2n) is 5.17. The zero-order valence-corrected chi connectivity index (χ0v) is 13.1. The Labute approximate surface area is 126 Å². The number of amides is 1. The summed E-state index contributed by atoms with van der Waals surface area (Å²) in [6.07, 6.45) is 4.24. The van der Waals surface area contributed by atoms with Gasteiger partial charge in [0.15, 0.2) is 0 Å². The number of hydrogen-bond acceptors (Lipinski definition) is 2. The van der Waals surface area contributed by atoms with E-state index in [1.807, 2.05) is 16.8 Å². The summed E-state index contributed by atoms with van der Waals surface area (Å²) in [5.41, 5.74) is 0.629. The van der Waals surface area contributed by atoms with Crippen molar-refractivity contribution in [3.63, 3.8) is 0 Å². The van der Waals surface area contributed by atoms with E-state index in [1.54, 1.807) is 4.90 Å². The van der Waals surface area contributed by atoms with Crippen LogP contribution in [-0.2, 0) is 11.3 Å². The lowest BCUT2D eigenvalue weighted by atomic mass is 9.98. The van der Waals surface area contributed by atoms with E-state index >= 15 is 0 Å². The lowest BCUT2D eigenvalue weighted by Crippen LogP contribution is -2.42. The molecule has 5 nitrogen and oxygen atoms in total. The van der Waals surface area contributed by atoms with Crippen LogP contribution in [0.3, 0.4) is 0 Å². The Morgan fingerprint density at radius 2 is 2.25 bits per heavy atom. The Morgan fingerprint density at radius 3 is 2.90 bits per heavy atom. The van der Waals surface area contributed by atoms with E-state index in [0.29, 0.717) is 25.2 Å². The van der Waals surface area contributed by atoms with Gasteiger partial charge in [-0.15, -0.1) is 0 Å². The Morgan fingerprint density at radius 1 is 1.50 bits per heavy atom. The smallest absolute Gasteiger partial charge is 0.308 e. The number of carboxylic acid groups (broad SMARTS) is 1. The van der Waals surface area contributed by atoms with Gasteiger partial charge in [0.2, 0.25) is 0 Å². The Bertz CT molecular complexity index is 513. The van der Waals surface area contributed by atoms with E-state index in [-0.39, 0.29) is 5.91 Å². The molecule has 1 aromatic rings. The molecule has 2 heterocycles. The van der Waals surface area contributed by atoms with Crippen molar-refractivity contribution in [3.8, 4) is 0 Å². The van der Waals surface area contributed by atoms with Crippen LogP contribution in [0.4, 0.5) is 0 Å². The van der Waals surface area contributed by atoms with Gasteiger partial charge in [0, 0.05) is 30.3 Å². The number of hydrogen-bond donors (Lipinski definition) is 1. The summed E-state index contributed by atoms with van der Waals surface area (Å²) in [4.78, 5) is 25.3. The van der Waals surface area contributed by atoms with E-state index < -0.39 is 11.9 Å². The number of nitrogens with zero attached hydrogens (tertiary/aromatic N) is 2. The molecule has 110 valence electrons. The summed E-state index contributed by atoms with van der Waals surface area (Å²) < 4.78 is 2.80. The third kappa shape index (κ3) is 3.23. The maximum atomic E-state index is 12.6. The molecule has 20 heavy (non-hydrogen) atoms. The number of likely N-dealkylation sites (tertiary alicyclic amines) is 1. The highest BCUT2D eigenvalue weighted by Gasteiger charge is 2.29. The number of halogens is 1. The molecule has 1 aliphatic rings. The number of carbonyl (C=O) groups excluding carboxylic acids is 1. The maximum absolute atomic E-state index is 12.6. The number of carboxylic acids is 1. The van der Waals surface area contributed by atoms with Crippen molar-refractivity contribution in [1.82, 2.24) is 9.47 Å². The van der Waals surface area contributed by atoms with Crippen molar-refractivity contribution in [2.45, 2.75) is 32.7 Å². The van der Waals surface area contributed by atoms with Crippen molar-refractivity contribution in [2.24, 2.45) is 5.92 Å². The average molecular weight is 343 g/mol. The summed E-state index contributed by atoms with van der Waals surface area (Å²) >= 11 is 3.39. The molecule has 1 aliphatic heterocycles. The van der Waals surface area contributed by atoms with Gasteiger partial charge in [-0.2, -0.15) is 0 Å². The number of aromatic nitrogens is 1. The van der Waals surface area contributed by atoms with Gasteiger partial charge in [-0.1, -0.05) is 6.92 Å². The van der Waals surface area contributed by atoms with Gasteiger partial charge in [0.05, 0.1) is 5.92 Å². The molecule has 2 rings (SSSR count). The fraction of sp³-hybridized carbons (Fsp3) is 0.571. The molecule has 1 atom stereocenters. The number of aryl methyl sites for hydroxylation is 1. The molecule has 1 saturated heterocycles. The molecule has 0 aliphatic carbocycles. The maximum Gasteiger partial charge on any atom is 0.308 e. The molecule has 0 radical (unpaired) electrons. The first-order valence-corrected chi connectivity index (χ1v) is 7.70. The van der Waals surface area contributed by atoms with Gasteiger partial charge in [0.1, 0.15) is 5.69 Å². The molecule has 1 N–H and O–H groups in total. The molecule has 0 spiro atoms. The van der Waals surface area contributed by atoms with Crippen molar-refractivity contribution in [3.05, 3.63) is 22.4 Å². The highest BCUT2D eigenvalue weighted by molar-refractivity contribution is 9.10. The zero-order valence-electron chi connectivity index (χ0n) is 11.5. The van der Waals surface area contributed by atoms with Gasteiger partial charge in [0.25, 0.3) is 5.91 Å². The molecule has 0 saturated carbocycles. The van der Waals surface area contributed by atoms with E-state index in [4.69, 9.17) is 5.11 Å². The van der Waals surface area contributed by atoms with Crippen molar-refractivity contribution >= 4 is 27.8 Å². The van der Waals surface area contributed by atoms with Crippen molar-refractivity contribution < 1.29 is 14.7 Å². The van der Waals surface area contributed by atoms with Crippen LogP contribution < -0.4 is 0 Å². The number of piperidine rings is 1. The average Bonchev–Trinajstić information content (AvgIpc) is 2.79. The van der Waals surface area contributed by atoms with Gasteiger partial charge < -0.3 is 14.6 Å². The topological polar surface area (TPSA) is 62.5 Å². The van der Waals surface area contributed by atoms with Crippen molar-refractivity contribution in [1.29, 1.82) is 0 Å². The third-order valence-corrected chi connectivity index (χ3v) is 4.04. The predicted octanol–water partition coefficient (Wildman–Crippen LogP) is 2.60. The first-order valence-electron chi connectivity index (χ1n) is 6.90. The second-order valence-corrected chi connectivity index (χ2v) is 6.08. The van der Waals surface area contributed by atoms with E-state index in [2.05, 4.69) is 22.9 Å². The minimum Gasteiger partial charge on any atom is -0.481 e. The molecule has 0 unspecified atom stereocenters. The summed E-state index contributed by atoms with van der Waals surface area (Å²) in [7, 11) is 0. The van der Waals surface area contributed by atoms with Gasteiger partial charge in [-0.25, -0.2) is 0 Å². The Kier molecular flexibility index (Phi) is 4.86. The summed E-state index contributed by atoms with van der Waals surface area (Å²) in [6, 6.07) is 1.81. The molecule has 1 amide bonds. The van der Waals surface area contributed by atoms with Gasteiger partial charge in [-0.3, -0.25) is 9.59 Å². The van der Waals surface area contributed by atoms with Crippen LogP contribution in [0.5, 0.6) is 0 Å². The molecule has 1 aromatic heterocycles. The standard InChI is InChI=1S/C14H19BrN2O3/c1-2-5-16-9-11(15)7-12(16)13(18)17-6-3-4-10(8-17)14(19)20/h7,9-10H,2-6,8H2,1H3,(H,19,20)/t10-/m0/s1. The van der Waals surface area contributed by atoms with Gasteiger partial charge in [-0.05, 0) is 41.3 Å². The lowest BCUT2D eigenvalue weighted by Gasteiger charge is -2.30. The Balaban J connectivity index is 2.16. The Hall–Kier alpha value is -1.30.